The van der Waals surface area contributed by atoms with Crippen LogP contribution in [0.2, 0.25) is 0 Å². The molecule has 1 aromatic carbocycles. The largest absolute Gasteiger partial charge is 0.477 e. The zero-order valence-corrected chi connectivity index (χ0v) is 14.6. The van der Waals surface area contributed by atoms with E-state index in [1.54, 1.807) is 18.2 Å². The number of nitrogens with zero attached hydrogens (tertiary/aromatic N) is 1. The molecule has 0 amide bonds. The van der Waals surface area contributed by atoms with Gasteiger partial charge in [-0.25, -0.2) is 13.2 Å². The average Bonchev–Trinajstić information content (AvgIpc) is 2.99. The van der Waals surface area contributed by atoms with Gasteiger partial charge >= 0.3 is 5.97 Å². The minimum Gasteiger partial charge on any atom is -0.477 e. The minimum atomic E-state index is -3.43. The van der Waals surface area contributed by atoms with Crippen molar-refractivity contribution in [3.8, 4) is 0 Å². The number of hydrogen-bond donors (Lipinski definition) is 4. The SMILES string of the molecule is O=C(O)c1cc2cc(NS(=O)(=O)CCCN3CCNCC3)ccc2[nH]1. The Bertz CT molecular complexity index is 856. The molecule has 4 N–H and O–H groups in total. The van der Waals surface area contributed by atoms with E-state index in [0.29, 0.717) is 23.0 Å². The first-order chi connectivity index (χ1) is 11.9. The van der Waals surface area contributed by atoms with Crippen molar-refractivity contribution in [1.29, 1.82) is 0 Å². The highest BCUT2D eigenvalue weighted by Crippen LogP contribution is 2.21. The van der Waals surface area contributed by atoms with Gasteiger partial charge in [0.1, 0.15) is 5.69 Å². The van der Waals surface area contributed by atoms with E-state index in [4.69, 9.17) is 5.11 Å². The molecule has 2 aromatic rings. The first-order valence-electron chi connectivity index (χ1n) is 8.23. The van der Waals surface area contributed by atoms with Crippen molar-refractivity contribution in [1.82, 2.24) is 15.2 Å². The van der Waals surface area contributed by atoms with Crippen molar-refractivity contribution >= 4 is 32.6 Å². The third kappa shape index (κ3) is 4.71. The summed E-state index contributed by atoms with van der Waals surface area (Å²) in [5, 5.41) is 12.9. The second-order valence-electron chi connectivity index (χ2n) is 6.16. The third-order valence-electron chi connectivity index (χ3n) is 4.22. The highest BCUT2D eigenvalue weighted by atomic mass is 32.2. The second kappa shape index (κ2) is 7.42. The van der Waals surface area contributed by atoms with Crippen molar-refractivity contribution in [2.45, 2.75) is 6.42 Å². The van der Waals surface area contributed by atoms with Gasteiger partial charge in [0.2, 0.25) is 10.0 Å². The van der Waals surface area contributed by atoms with Crippen LogP contribution in [0.4, 0.5) is 5.69 Å². The normalized spacial score (nSPS) is 16.2. The molecule has 1 fully saturated rings. The Morgan fingerprint density at radius 2 is 2.00 bits per heavy atom. The van der Waals surface area contributed by atoms with Gasteiger partial charge in [-0.15, -0.1) is 0 Å². The fourth-order valence-corrected chi connectivity index (χ4v) is 4.05. The monoisotopic (exact) mass is 366 g/mol. The predicted octanol–water partition coefficient (Wildman–Crippen LogP) is 0.903. The minimum absolute atomic E-state index is 0.0580. The van der Waals surface area contributed by atoms with Crippen LogP contribution < -0.4 is 10.0 Å². The molecule has 8 nitrogen and oxygen atoms in total. The van der Waals surface area contributed by atoms with Crippen LogP contribution >= 0.6 is 0 Å². The first kappa shape index (κ1) is 17.7. The smallest absolute Gasteiger partial charge is 0.352 e. The molecule has 0 atom stereocenters. The summed E-state index contributed by atoms with van der Waals surface area (Å²) in [7, 11) is -3.43. The van der Waals surface area contributed by atoms with Crippen molar-refractivity contribution in [3.63, 3.8) is 0 Å². The lowest BCUT2D eigenvalue weighted by molar-refractivity contribution is 0.0691. The highest BCUT2D eigenvalue weighted by molar-refractivity contribution is 7.92. The number of aromatic nitrogens is 1. The van der Waals surface area contributed by atoms with E-state index >= 15 is 0 Å². The maximum atomic E-state index is 12.2. The number of anilines is 1. The summed E-state index contributed by atoms with van der Waals surface area (Å²) in [6, 6.07) is 6.41. The van der Waals surface area contributed by atoms with E-state index in [0.717, 1.165) is 32.7 Å². The van der Waals surface area contributed by atoms with E-state index in [9.17, 15) is 13.2 Å². The zero-order chi connectivity index (χ0) is 17.9. The number of carboxylic acids is 1. The summed E-state index contributed by atoms with van der Waals surface area (Å²) in [4.78, 5) is 16.0. The number of piperazine rings is 1. The zero-order valence-electron chi connectivity index (χ0n) is 13.8. The Labute approximate surface area is 146 Å². The Kier molecular flexibility index (Phi) is 5.26. The van der Waals surface area contributed by atoms with E-state index in [1.807, 2.05) is 0 Å². The topological polar surface area (TPSA) is 115 Å². The lowest BCUT2D eigenvalue weighted by Crippen LogP contribution is -2.44. The number of carbonyl (C=O) groups is 1. The molecule has 1 aliphatic heterocycles. The molecule has 0 spiro atoms. The van der Waals surface area contributed by atoms with E-state index in [2.05, 4.69) is 19.9 Å². The third-order valence-corrected chi connectivity index (χ3v) is 5.59. The van der Waals surface area contributed by atoms with Crippen molar-refractivity contribution < 1.29 is 18.3 Å². The predicted molar refractivity (Wildman–Crippen MR) is 96.6 cm³/mol. The summed E-state index contributed by atoms with van der Waals surface area (Å²) in [5.74, 6) is -0.992. The molecular weight excluding hydrogens is 344 g/mol. The number of benzene rings is 1. The van der Waals surface area contributed by atoms with E-state index in [1.165, 1.54) is 6.07 Å². The number of hydrogen-bond acceptors (Lipinski definition) is 5. The number of aromatic carboxylic acids is 1. The van der Waals surface area contributed by atoms with Crippen LogP contribution in [0.15, 0.2) is 24.3 Å². The second-order valence-corrected chi connectivity index (χ2v) is 8.00. The molecule has 2 heterocycles. The van der Waals surface area contributed by atoms with E-state index in [-0.39, 0.29) is 11.4 Å². The maximum Gasteiger partial charge on any atom is 0.352 e. The van der Waals surface area contributed by atoms with Crippen LogP contribution in [0.5, 0.6) is 0 Å². The van der Waals surface area contributed by atoms with Gasteiger partial charge in [0.25, 0.3) is 0 Å². The lowest BCUT2D eigenvalue weighted by Gasteiger charge is -2.26. The molecule has 1 aliphatic rings. The number of nitrogens with one attached hydrogen (secondary N) is 3. The molecule has 9 heteroatoms. The number of aromatic amines is 1. The summed E-state index contributed by atoms with van der Waals surface area (Å²) in [5.41, 5.74) is 1.16. The standard InChI is InChI=1S/C16H22N4O4S/c21-16(22)15-11-12-10-13(2-3-14(12)18-15)19-25(23,24)9-1-6-20-7-4-17-5-8-20/h2-3,10-11,17-19H,1,4-9H2,(H,21,22). The maximum absolute atomic E-state index is 12.2. The van der Waals surface area contributed by atoms with Gasteiger partial charge in [0, 0.05) is 42.8 Å². The first-order valence-corrected chi connectivity index (χ1v) is 9.88. The quantitative estimate of drug-likeness (QED) is 0.579. The molecule has 0 saturated carbocycles. The number of fused-ring (bicyclic) bond motifs is 1. The molecule has 136 valence electrons. The lowest BCUT2D eigenvalue weighted by atomic mass is 10.2. The number of H-pyrrole nitrogens is 1. The average molecular weight is 366 g/mol. The van der Waals surface area contributed by atoms with Crippen molar-refractivity contribution in [2.24, 2.45) is 0 Å². The van der Waals surface area contributed by atoms with Crippen LogP contribution in [0, 0.1) is 0 Å². The number of rotatable bonds is 7. The van der Waals surface area contributed by atoms with Crippen LogP contribution in [-0.4, -0.2) is 67.9 Å². The number of sulfonamides is 1. The Balaban J connectivity index is 1.59. The van der Waals surface area contributed by atoms with Crippen molar-refractivity contribution in [2.75, 3.05) is 43.2 Å². The van der Waals surface area contributed by atoms with Gasteiger partial charge in [0.15, 0.2) is 0 Å². The van der Waals surface area contributed by atoms with Crippen LogP contribution in [0.1, 0.15) is 16.9 Å². The van der Waals surface area contributed by atoms with Crippen LogP contribution in [-0.2, 0) is 10.0 Å². The Hall–Kier alpha value is -2.10. The molecule has 3 rings (SSSR count). The van der Waals surface area contributed by atoms with Crippen LogP contribution in [0.3, 0.4) is 0 Å². The molecule has 0 radical (unpaired) electrons. The van der Waals surface area contributed by atoms with Gasteiger partial charge in [-0.05, 0) is 37.2 Å². The molecule has 0 unspecified atom stereocenters. The summed E-state index contributed by atoms with van der Waals surface area (Å²) in [6.07, 6.45) is 0.574. The van der Waals surface area contributed by atoms with E-state index < -0.39 is 16.0 Å². The number of carboxylic acid groups (broad SMARTS) is 1. The summed E-state index contributed by atoms with van der Waals surface area (Å²) in [6.45, 7) is 4.55. The molecule has 0 bridgehead atoms. The van der Waals surface area contributed by atoms with Gasteiger partial charge < -0.3 is 20.3 Å². The summed E-state index contributed by atoms with van der Waals surface area (Å²) < 4.78 is 27.1. The van der Waals surface area contributed by atoms with Crippen molar-refractivity contribution in [3.05, 3.63) is 30.0 Å². The van der Waals surface area contributed by atoms with Gasteiger partial charge in [-0.1, -0.05) is 0 Å². The molecule has 0 aliphatic carbocycles. The fraction of sp³-hybridized carbons (Fsp3) is 0.438. The van der Waals surface area contributed by atoms with Gasteiger partial charge in [0.05, 0.1) is 5.75 Å². The summed E-state index contributed by atoms with van der Waals surface area (Å²) >= 11 is 0. The molecule has 25 heavy (non-hydrogen) atoms. The highest BCUT2D eigenvalue weighted by Gasteiger charge is 2.14. The molecular formula is C16H22N4O4S. The fourth-order valence-electron chi connectivity index (χ4n) is 2.95. The Morgan fingerprint density at radius 1 is 1.24 bits per heavy atom. The van der Waals surface area contributed by atoms with Crippen LogP contribution in [0.25, 0.3) is 10.9 Å². The molecule has 1 saturated heterocycles. The Morgan fingerprint density at radius 3 is 2.72 bits per heavy atom. The molecule has 1 aromatic heterocycles. The van der Waals surface area contributed by atoms with Gasteiger partial charge in [-0.3, -0.25) is 4.72 Å². The van der Waals surface area contributed by atoms with Gasteiger partial charge in [-0.2, -0.15) is 0 Å².